The van der Waals surface area contributed by atoms with E-state index >= 15 is 0 Å². The Morgan fingerprint density at radius 2 is 2.04 bits per heavy atom. The highest BCUT2D eigenvalue weighted by atomic mass is 16.5. The molecule has 1 amide bonds. The van der Waals surface area contributed by atoms with Gasteiger partial charge in [-0.15, -0.1) is 0 Å². The highest BCUT2D eigenvalue weighted by molar-refractivity contribution is 5.80. The van der Waals surface area contributed by atoms with E-state index in [9.17, 15) is 4.79 Å². The summed E-state index contributed by atoms with van der Waals surface area (Å²) in [6, 6.07) is 0. The van der Waals surface area contributed by atoms with Gasteiger partial charge in [0.15, 0.2) is 5.82 Å². The molecule has 0 spiro atoms. The summed E-state index contributed by atoms with van der Waals surface area (Å²) in [4.78, 5) is 19.8. The molecule has 3 saturated carbocycles. The summed E-state index contributed by atoms with van der Waals surface area (Å²) in [6.07, 6.45) is 7.16. The Bertz CT molecular complexity index is 646. The second-order valence-electron chi connectivity index (χ2n) is 8.45. The van der Waals surface area contributed by atoms with Gasteiger partial charge < -0.3 is 9.64 Å². The molecule has 6 heteroatoms. The molecular formula is C19H28N4O2. The number of likely N-dealkylation sites (tertiary alicyclic amines) is 1. The van der Waals surface area contributed by atoms with Gasteiger partial charge in [-0.3, -0.25) is 9.89 Å². The third kappa shape index (κ3) is 2.98. The van der Waals surface area contributed by atoms with E-state index in [4.69, 9.17) is 9.72 Å². The molecule has 5 rings (SSSR count). The number of nitrogens with zero attached hydrogens (tertiary/aromatic N) is 3. The number of hydrogen-bond donors (Lipinski definition) is 1. The van der Waals surface area contributed by atoms with Gasteiger partial charge in [0.1, 0.15) is 5.82 Å². The van der Waals surface area contributed by atoms with Crippen LogP contribution in [0.25, 0.3) is 0 Å². The SMILES string of the molecule is CCOC1CC(C(=O)N2C[C@H](c3nc(C4CC4)n[nH]3)[C@@H](C3CC3)C2)C1. The Labute approximate surface area is 148 Å². The second kappa shape index (κ2) is 6.08. The molecule has 1 aromatic rings. The maximum absolute atomic E-state index is 12.9. The summed E-state index contributed by atoms with van der Waals surface area (Å²) >= 11 is 0. The molecule has 0 radical (unpaired) electrons. The van der Waals surface area contributed by atoms with Gasteiger partial charge in [-0.05, 0) is 57.3 Å². The average molecular weight is 344 g/mol. The largest absolute Gasteiger partial charge is 0.378 e. The number of H-pyrrole nitrogens is 1. The van der Waals surface area contributed by atoms with Gasteiger partial charge >= 0.3 is 0 Å². The zero-order chi connectivity index (χ0) is 17.0. The van der Waals surface area contributed by atoms with Crippen LogP contribution < -0.4 is 0 Å². The number of carbonyl (C=O) groups excluding carboxylic acids is 1. The average Bonchev–Trinajstić information content (AvgIpc) is 3.51. The minimum Gasteiger partial charge on any atom is -0.378 e. The molecule has 2 atom stereocenters. The lowest BCUT2D eigenvalue weighted by atomic mass is 9.81. The summed E-state index contributed by atoms with van der Waals surface area (Å²) < 4.78 is 5.62. The van der Waals surface area contributed by atoms with Crippen molar-refractivity contribution in [2.75, 3.05) is 19.7 Å². The number of rotatable bonds is 6. The van der Waals surface area contributed by atoms with Crippen LogP contribution in [0.5, 0.6) is 0 Å². The molecule has 3 aliphatic carbocycles. The molecule has 1 N–H and O–H groups in total. The molecule has 1 saturated heterocycles. The lowest BCUT2D eigenvalue weighted by Crippen LogP contribution is -2.44. The Hall–Kier alpha value is -1.43. The van der Waals surface area contributed by atoms with Crippen LogP contribution in [0.15, 0.2) is 0 Å². The summed E-state index contributed by atoms with van der Waals surface area (Å²) in [7, 11) is 0. The van der Waals surface area contributed by atoms with Crippen molar-refractivity contribution in [1.82, 2.24) is 20.1 Å². The van der Waals surface area contributed by atoms with E-state index in [2.05, 4.69) is 15.1 Å². The number of ether oxygens (including phenoxy) is 1. The molecule has 4 fully saturated rings. The maximum Gasteiger partial charge on any atom is 0.225 e. The summed E-state index contributed by atoms with van der Waals surface area (Å²) in [5.74, 6) is 4.79. The Kier molecular flexibility index (Phi) is 3.84. The van der Waals surface area contributed by atoms with E-state index in [0.717, 1.165) is 50.1 Å². The summed E-state index contributed by atoms with van der Waals surface area (Å²) in [5.41, 5.74) is 0. The molecule has 25 heavy (non-hydrogen) atoms. The van der Waals surface area contributed by atoms with Gasteiger partial charge in [0.25, 0.3) is 0 Å². The standard InChI is InChI=1S/C19H28N4O2/c1-2-25-14-7-13(8-14)19(24)23-9-15(11-3-4-11)16(10-23)18-20-17(21-22-18)12-5-6-12/h11-16H,2-10H2,1H3,(H,20,21,22)/t13?,14?,15-,16+/m1/s1. The Morgan fingerprint density at radius 3 is 2.72 bits per heavy atom. The van der Waals surface area contributed by atoms with Crippen LogP contribution in [-0.4, -0.2) is 51.8 Å². The molecule has 1 aliphatic heterocycles. The molecule has 136 valence electrons. The highest BCUT2D eigenvalue weighted by Crippen LogP contribution is 2.48. The molecule has 0 aromatic carbocycles. The minimum absolute atomic E-state index is 0.173. The molecule has 1 aromatic heterocycles. The molecule has 4 aliphatic rings. The van der Waals surface area contributed by atoms with Crippen LogP contribution in [-0.2, 0) is 9.53 Å². The smallest absolute Gasteiger partial charge is 0.225 e. The van der Waals surface area contributed by atoms with E-state index in [1.807, 2.05) is 6.92 Å². The fourth-order valence-electron chi connectivity index (χ4n) is 4.68. The maximum atomic E-state index is 12.9. The van der Waals surface area contributed by atoms with Crippen molar-refractivity contribution in [3.63, 3.8) is 0 Å². The first-order valence-corrected chi connectivity index (χ1v) is 10.1. The van der Waals surface area contributed by atoms with Crippen molar-refractivity contribution in [2.24, 2.45) is 17.8 Å². The van der Waals surface area contributed by atoms with Gasteiger partial charge in [0, 0.05) is 37.5 Å². The highest BCUT2D eigenvalue weighted by Gasteiger charge is 2.48. The van der Waals surface area contributed by atoms with Gasteiger partial charge in [-0.25, -0.2) is 4.98 Å². The van der Waals surface area contributed by atoms with Gasteiger partial charge in [-0.1, -0.05) is 0 Å². The molecule has 0 bridgehead atoms. The van der Waals surface area contributed by atoms with E-state index in [0.29, 0.717) is 29.8 Å². The van der Waals surface area contributed by atoms with Crippen LogP contribution in [0, 0.1) is 17.8 Å². The zero-order valence-corrected chi connectivity index (χ0v) is 15.0. The number of hydrogen-bond acceptors (Lipinski definition) is 4. The fraction of sp³-hybridized carbons (Fsp3) is 0.842. The second-order valence-corrected chi connectivity index (χ2v) is 8.45. The normalized spacial score (nSPS) is 35.0. The molecule has 0 unspecified atom stereocenters. The predicted molar refractivity (Wildman–Crippen MR) is 92.0 cm³/mol. The molecule has 6 nitrogen and oxygen atoms in total. The quantitative estimate of drug-likeness (QED) is 0.860. The van der Waals surface area contributed by atoms with Gasteiger partial charge in [0.2, 0.25) is 5.91 Å². The number of amides is 1. The van der Waals surface area contributed by atoms with Gasteiger partial charge in [-0.2, -0.15) is 5.10 Å². The first-order chi connectivity index (χ1) is 12.2. The lowest BCUT2D eigenvalue weighted by molar-refractivity contribution is -0.143. The number of nitrogens with one attached hydrogen (secondary N) is 1. The van der Waals surface area contributed by atoms with Crippen molar-refractivity contribution in [3.05, 3.63) is 11.6 Å². The monoisotopic (exact) mass is 344 g/mol. The van der Waals surface area contributed by atoms with Gasteiger partial charge in [0.05, 0.1) is 6.10 Å². The van der Waals surface area contributed by atoms with Crippen LogP contribution in [0.3, 0.4) is 0 Å². The first-order valence-electron chi connectivity index (χ1n) is 10.1. The first kappa shape index (κ1) is 15.8. The topological polar surface area (TPSA) is 71.1 Å². The summed E-state index contributed by atoms with van der Waals surface area (Å²) in [6.45, 7) is 4.49. The van der Waals surface area contributed by atoms with E-state index in [1.165, 1.54) is 25.7 Å². The number of aromatic nitrogens is 3. The van der Waals surface area contributed by atoms with Crippen LogP contribution in [0.4, 0.5) is 0 Å². The number of aromatic amines is 1. The van der Waals surface area contributed by atoms with Crippen LogP contribution in [0.2, 0.25) is 0 Å². The minimum atomic E-state index is 0.173. The Balaban J connectivity index is 1.26. The van der Waals surface area contributed by atoms with Crippen molar-refractivity contribution >= 4 is 5.91 Å². The van der Waals surface area contributed by atoms with Crippen molar-refractivity contribution < 1.29 is 9.53 Å². The van der Waals surface area contributed by atoms with Crippen molar-refractivity contribution in [1.29, 1.82) is 0 Å². The van der Waals surface area contributed by atoms with Crippen molar-refractivity contribution in [3.8, 4) is 0 Å². The van der Waals surface area contributed by atoms with Crippen LogP contribution in [0.1, 0.15) is 68.9 Å². The van der Waals surface area contributed by atoms with E-state index in [-0.39, 0.29) is 5.92 Å². The van der Waals surface area contributed by atoms with Crippen LogP contribution >= 0.6 is 0 Å². The van der Waals surface area contributed by atoms with Crippen molar-refractivity contribution in [2.45, 2.75) is 63.4 Å². The molecular weight excluding hydrogens is 316 g/mol. The number of carbonyl (C=O) groups is 1. The third-order valence-electron chi connectivity index (χ3n) is 6.56. The fourth-order valence-corrected chi connectivity index (χ4v) is 4.68. The van der Waals surface area contributed by atoms with E-state index in [1.54, 1.807) is 0 Å². The summed E-state index contributed by atoms with van der Waals surface area (Å²) in [5, 5.41) is 7.65. The van der Waals surface area contributed by atoms with E-state index < -0.39 is 0 Å². The molecule has 2 heterocycles. The Morgan fingerprint density at radius 1 is 1.24 bits per heavy atom. The zero-order valence-electron chi connectivity index (χ0n) is 15.0. The third-order valence-corrected chi connectivity index (χ3v) is 6.56. The predicted octanol–water partition coefficient (Wildman–Crippen LogP) is 2.45. The lowest BCUT2D eigenvalue weighted by Gasteiger charge is -2.36.